The highest BCUT2D eigenvalue weighted by molar-refractivity contribution is 5.92. The van der Waals surface area contributed by atoms with Crippen LogP contribution in [-0.4, -0.2) is 65.1 Å². The summed E-state index contributed by atoms with van der Waals surface area (Å²) in [6, 6.07) is -3.07. The first kappa shape index (κ1) is 20.6. The second kappa shape index (κ2) is 8.32. The van der Waals surface area contributed by atoms with Gasteiger partial charge in [0.05, 0.1) is 7.11 Å². The highest BCUT2D eigenvalue weighted by Crippen LogP contribution is 2.07. The number of hydrogen-bond donors (Lipinski definition) is 4. The van der Waals surface area contributed by atoms with Gasteiger partial charge in [0.2, 0.25) is 5.91 Å². The van der Waals surface area contributed by atoms with Crippen molar-refractivity contribution in [3.63, 3.8) is 0 Å². The molecule has 0 aliphatic carbocycles. The number of aliphatic carboxylic acids is 1. The minimum atomic E-state index is -2.09. The van der Waals surface area contributed by atoms with E-state index in [2.05, 4.69) is 10.1 Å². The molecule has 0 rings (SSSR count). The SMILES string of the molecule is COC(=O)[C@@H](O)C(NC(=O)[C@@H](C)NC(=O)OC(C)(C)C)C(=O)O. The fourth-order valence-electron chi connectivity index (χ4n) is 1.36. The van der Waals surface area contributed by atoms with Crippen LogP contribution in [0, 0.1) is 0 Å². The number of amides is 2. The standard InChI is InChI=1S/C13H22N2O8/c1-6(14-12(21)23-13(2,3)4)9(17)15-7(10(18)19)8(16)11(20)22-5/h6-8,16H,1-5H3,(H,14,21)(H,15,17)(H,18,19)/t6-,7?,8+/m1/s1. The molecule has 0 aromatic rings. The molecule has 10 heteroatoms. The van der Waals surface area contributed by atoms with Crippen LogP contribution in [0.2, 0.25) is 0 Å². The third-order valence-corrected chi connectivity index (χ3v) is 2.45. The van der Waals surface area contributed by atoms with E-state index in [0.29, 0.717) is 0 Å². The number of nitrogens with one attached hydrogen (secondary N) is 2. The minimum Gasteiger partial charge on any atom is -0.480 e. The fraction of sp³-hybridized carbons (Fsp3) is 0.692. The summed E-state index contributed by atoms with van der Waals surface area (Å²) in [5, 5.41) is 22.6. The summed E-state index contributed by atoms with van der Waals surface area (Å²) < 4.78 is 9.16. The first-order chi connectivity index (χ1) is 10.4. The Hall–Kier alpha value is -2.36. The van der Waals surface area contributed by atoms with Gasteiger partial charge in [-0.15, -0.1) is 0 Å². The number of carbonyl (C=O) groups is 4. The van der Waals surface area contributed by atoms with Crippen LogP contribution in [0.25, 0.3) is 0 Å². The van der Waals surface area contributed by atoms with Gasteiger partial charge >= 0.3 is 18.0 Å². The number of carboxylic acids is 1. The number of esters is 1. The van der Waals surface area contributed by atoms with E-state index in [-0.39, 0.29) is 0 Å². The zero-order chi connectivity index (χ0) is 18.4. The number of alkyl carbamates (subject to hydrolysis) is 1. The molecule has 0 radical (unpaired) electrons. The van der Waals surface area contributed by atoms with Crippen molar-refractivity contribution >= 4 is 23.9 Å². The summed E-state index contributed by atoms with van der Waals surface area (Å²) in [6.07, 6.45) is -2.96. The van der Waals surface area contributed by atoms with Crippen LogP contribution >= 0.6 is 0 Å². The van der Waals surface area contributed by atoms with Crippen molar-refractivity contribution in [2.24, 2.45) is 0 Å². The molecule has 0 aromatic heterocycles. The average molecular weight is 334 g/mol. The second-order valence-corrected chi connectivity index (χ2v) is 5.66. The van der Waals surface area contributed by atoms with E-state index < -0.39 is 47.7 Å². The zero-order valence-corrected chi connectivity index (χ0v) is 13.6. The Kier molecular flexibility index (Phi) is 7.47. The van der Waals surface area contributed by atoms with Crippen LogP contribution in [-0.2, 0) is 23.9 Å². The number of carbonyl (C=O) groups excluding carboxylic acids is 3. The van der Waals surface area contributed by atoms with E-state index in [0.717, 1.165) is 7.11 Å². The second-order valence-electron chi connectivity index (χ2n) is 5.66. The van der Waals surface area contributed by atoms with E-state index in [1.807, 2.05) is 5.32 Å². The maximum absolute atomic E-state index is 11.9. The van der Waals surface area contributed by atoms with Crippen LogP contribution in [0.5, 0.6) is 0 Å². The molecule has 3 atom stereocenters. The number of aliphatic hydroxyl groups excluding tert-OH is 1. The van der Waals surface area contributed by atoms with Crippen molar-refractivity contribution in [2.45, 2.75) is 51.5 Å². The normalized spacial score (nSPS) is 14.9. The molecule has 1 unspecified atom stereocenters. The van der Waals surface area contributed by atoms with E-state index in [1.165, 1.54) is 6.92 Å². The molecular weight excluding hydrogens is 312 g/mol. The molecule has 0 heterocycles. The van der Waals surface area contributed by atoms with Gasteiger partial charge in [-0.1, -0.05) is 0 Å². The summed E-state index contributed by atoms with van der Waals surface area (Å²) in [5.74, 6) is -3.78. The molecule has 10 nitrogen and oxygen atoms in total. The van der Waals surface area contributed by atoms with Crippen LogP contribution in [0.3, 0.4) is 0 Å². The lowest BCUT2D eigenvalue weighted by Crippen LogP contribution is -2.56. The van der Waals surface area contributed by atoms with Gasteiger partial charge in [-0.2, -0.15) is 0 Å². The molecule has 0 aromatic carbocycles. The van der Waals surface area contributed by atoms with E-state index in [4.69, 9.17) is 9.84 Å². The van der Waals surface area contributed by atoms with Crippen molar-refractivity contribution in [1.29, 1.82) is 0 Å². The number of rotatable bonds is 6. The Morgan fingerprint density at radius 3 is 2.00 bits per heavy atom. The van der Waals surface area contributed by atoms with Gasteiger partial charge in [-0.3, -0.25) is 4.79 Å². The van der Waals surface area contributed by atoms with E-state index >= 15 is 0 Å². The zero-order valence-electron chi connectivity index (χ0n) is 13.6. The predicted octanol–water partition coefficient (Wildman–Crippen LogP) is -0.997. The Morgan fingerprint density at radius 2 is 1.61 bits per heavy atom. The summed E-state index contributed by atoms with van der Waals surface area (Å²) in [4.78, 5) is 45.6. The number of hydrogen-bond acceptors (Lipinski definition) is 7. The van der Waals surface area contributed by atoms with Crippen molar-refractivity contribution in [3.05, 3.63) is 0 Å². The molecule has 2 amide bonds. The molecule has 4 N–H and O–H groups in total. The molecule has 0 saturated heterocycles. The summed E-state index contributed by atoms with van der Waals surface area (Å²) in [5.41, 5.74) is -0.773. The minimum absolute atomic E-state index is 0.773. The lowest BCUT2D eigenvalue weighted by atomic mass is 10.1. The highest BCUT2D eigenvalue weighted by atomic mass is 16.6. The smallest absolute Gasteiger partial charge is 0.408 e. The number of ether oxygens (including phenoxy) is 2. The third-order valence-electron chi connectivity index (χ3n) is 2.45. The van der Waals surface area contributed by atoms with Gasteiger partial charge in [0.1, 0.15) is 11.6 Å². The van der Waals surface area contributed by atoms with Crippen LogP contribution in [0.1, 0.15) is 27.7 Å². The highest BCUT2D eigenvalue weighted by Gasteiger charge is 2.35. The maximum Gasteiger partial charge on any atom is 0.408 e. The molecule has 23 heavy (non-hydrogen) atoms. The maximum atomic E-state index is 11.9. The van der Waals surface area contributed by atoms with Gasteiger partial charge in [-0.25, -0.2) is 14.4 Å². The lowest BCUT2D eigenvalue weighted by molar-refractivity contribution is -0.159. The van der Waals surface area contributed by atoms with Gasteiger partial charge in [-0.05, 0) is 27.7 Å². The Bertz CT molecular complexity index is 471. The average Bonchev–Trinajstić information content (AvgIpc) is 2.39. The lowest BCUT2D eigenvalue weighted by Gasteiger charge is -2.23. The van der Waals surface area contributed by atoms with E-state index in [1.54, 1.807) is 20.8 Å². The van der Waals surface area contributed by atoms with Crippen molar-refractivity contribution in [1.82, 2.24) is 10.6 Å². The first-order valence-electron chi connectivity index (χ1n) is 6.67. The Balaban J connectivity index is 4.78. The van der Waals surface area contributed by atoms with Gasteiger partial charge < -0.3 is 30.3 Å². The largest absolute Gasteiger partial charge is 0.480 e. The van der Waals surface area contributed by atoms with Gasteiger partial charge in [0, 0.05) is 0 Å². The van der Waals surface area contributed by atoms with Crippen molar-refractivity contribution in [3.8, 4) is 0 Å². The number of aliphatic hydroxyl groups is 1. The van der Waals surface area contributed by atoms with Gasteiger partial charge in [0.25, 0.3) is 0 Å². The molecule has 0 spiro atoms. The Labute approximate surface area is 133 Å². The Morgan fingerprint density at radius 1 is 1.09 bits per heavy atom. The summed E-state index contributed by atoms with van der Waals surface area (Å²) >= 11 is 0. The quantitative estimate of drug-likeness (QED) is 0.452. The molecule has 0 bridgehead atoms. The van der Waals surface area contributed by atoms with E-state index in [9.17, 15) is 24.3 Å². The number of carboxylic acid groups (broad SMARTS) is 1. The summed E-state index contributed by atoms with van der Waals surface area (Å²) in [7, 11) is 0.957. The first-order valence-corrected chi connectivity index (χ1v) is 6.67. The third kappa shape index (κ3) is 7.45. The molecule has 0 aliphatic rings. The molecule has 132 valence electrons. The molecular formula is C13H22N2O8. The molecule has 0 fully saturated rings. The van der Waals surface area contributed by atoms with Crippen molar-refractivity contribution in [2.75, 3.05) is 7.11 Å². The fourth-order valence-corrected chi connectivity index (χ4v) is 1.36. The predicted molar refractivity (Wildman–Crippen MR) is 76.4 cm³/mol. The number of methoxy groups -OCH3 is 1. The van der Waals surface area contributed by atoms with Crippen molar-refractivity contribution < 1.29 is 38.9 Å². The molecule has 0 saturated carbocycles. The van der Waals surface area contributed by atoms with Gasteiger partial charge in [0.15, 0.2) is 12.1 Å². The van der Waals surface area contributed by atoms with Crippen LogP contribution < -0.4 is 10.6 Å². The topological polar surface area (TPSA) is 151 Å². The summed E-state index contributed by atoms with van der Waals surface area (Å²) in [6.45, 7) is 6.17. The monoisotopic (exact) mass is 334 g/mol. The molecule has 0 aliphatic heterocycles. The van der Waals surface area contributed by atoms with Crippen LogP contribution in [0.4, 0.5) is 4.79 Å². The van der Waals surface area contributed by atoms with Crippen LogP contribution in [0.15, 0.2) is 0 Å².